The van der Waals surface area contributed by atoms with E-state index in [9.17, 15) is 4.79 Å². The molecule has 0 saturated carbocycles. The number of fused-ring (bicyclic) bond motifs is 1. The summed E-state index contributed by atoms with van der Waals surface area (Å²) in [5.74, 6) is 0.170. The Morgan fingerprint density at radius 2 is 1.92 bits per heavy atom. The van der Waals surface area contributed by atoms with Gasteiger partial charge < -0.3 is 4.90 Å². The topological polar surface area (TPSA) is 33.2 Å². The third-order valence-electron chi connectivity index (χ3n) is 5.34. The second kappa shape index (κ2) is 7.28. The van der Waals surface area contributed by atoms with E-state index in [1.165, 1.54) is 0 Å². The van der Waals surface area contributed by atoms with Crippen LogP contribution in [0, 0.1) is 0 Å². The van der Waals surface area contributed by atoms with Gasteiger partial charge in [-0.3, -0.25) is 9.78 Å². The van der Waals surface area contributed by atoms with E-state index in [0.717, 1.165) is 59.8 Å². The van der Waals surface area contributed by atoms with Crippen LogP contribution in [0.1, 0.15) is 43.0 Å². The molecule has 0 radical (unpaired) electrons. The molecule has 1 atom stereocenters. The first-order valence-electron chi connectivity index (χ1n) is 9.53. The third kappa shape index (κ3) is 3.10. The number of hydrogen-bond acceptors (Lipinski definition) is 2. The van der Waals surface area contributed by atoms with Crippen LogP contribution < -0.4 is 0 Å². The minimum atomic E-state index is 0.170. The van der Waals surface area contributed by atoms with Gasteiger partial charge in [0.15, 0.2) is 0 Å². The number of likely N-dealkylation sites (tertiary alicyclic amines) is 1. The van der Waals surface area contributed by atoms with Gasteiger partial charge in [-0.1, -0.05) is 49.7 Å². The third-order valence-corrected chi connectivity index (χ3v) is 5.34. The van der Waals surface area contributed by atoms with Crippen LogP contribution in [0.15, 0.2) is 60.8 Å². The normalized spacial score (nSPS) is 17.0. The van der Waals surface area contributed by atoms with E-state index in [1.54, 1.807) is 0 Å². The van der Waals surface area contributed by atoms with E-state index in [0.29, 0.717) is 6.04 Å². The predicted molar refractivity (Wildman–Crippen MR) is 106 cm³/mol. The molecule has 1 fully saturated rings. The number of benzene rings is 2. The smallest absolute Gasteiger partial charge is 0.254 e. The van der Waals surface area contributed by atoms with Gasteiger partial charge >= 0.3 is 0 Å². The summed E-state index contributed by atoms with van der Waals surface area (Å²) in [4.78, 5) is 19.5. The van der Waals surface area contributed by atoms with Crippen molar-refractivity contribution in [1.29, 1.82) is 0 Å². The maximum atomic E-state index is 12.9. The Balaban J connectivity index is 1.61. The number of aromatic nitrogens is 1. The minimum absolute atomic E-state index is 0.170. The molecule has 1 aromatic heterocycles. The van der Waals surface area contributed by atoms with Crippen LogP contribution in [0.5, 0.6) is 0 Å². The number of carbonyl (C=O) groups excluding carboxylic acids is 1. The molecule has 0 N–H and O–H groups in total. The summed E-state index contributed by atoms with van der Waals surface area (Å²) in [6.45, 7) is 3.08. The molecule has 3 heteroatoms. The highest BCUT2D eigenvalue weighted by molar-refractivity contribution is 5.97. The van der Waals surface area contributed by atoms with Gasteiger partial charge in [0.25, 0.3) is 5.91 Å². The molecule has 0 unspecified atom stereocenters. The van der Waals surface area contributed by atoms with Gasteiger partial charge in [-0.25, -0.2) is 0 Å². The lowest BCUT2D eigenvalue weighted by Gasteiger charge is -2.24. The summed E-state index contributed by atoms with van der Waals surface area (Å²) < 4.78 is 0. The fraction of sp³-hybridized carbons (Fsp3) is 0.304. The van der Waals surface area contributed by atoms with Crippen LogP contribution in [0.25, 0.3) is 22.0 Å². The first kappa shape index (κ1) is 16.8. The van der Waals surface area contributed by atoms with Crippen LogP contribution in [-0.2, 0) is 0 Å². The van der Waals surface area contributed by atoms with Crippen molar-refractivity contribution < 1.29 is 4.79 Å². The molecule has 2 aromatic carbocycles. The maximum absolute atomic E-state index is 12.9. The fourth-order valence-corrected chi connectivity index (χ4v) is 4.03. The Kier molecular flexibility index (Phi) is 4.70. The van der Waals surface area contributed by atoms with Gasteiger partial charge in [0.2, 0.25) is 0 Å². The van der Waals surface area contributed by atoms with E-state index in [1.807, 2.05) is 36.5 Å². The maximum Gasteiger partial charge on any atom is 0.254 e. The molecule has 2 heterocycles. The number of hydrogen-bond donors (Lipinski definition) is 0. The fourth-order valence-electron chi connectivity index (χ4n) is 4.03. The largest absolute Gasteiger partial charge is 0.336 e. The summed E-state index contributed by atoms with van der Waals surface area (Å²) >= 11 is 0. The van der Waals surface area contributed by atoms with Crippen molar-refractivity contribution in [1.82, 2.24) is 9.88 Å². The first-order chi connectivity index (χ1) is 12.8. The van der Waals surface area contributed by atoms with E-state index >= 15 is 0 Å². The average molecular weight is 344 g/mol. The predicted octanol–water partition coefficient (Wildman–Crippen LogP) is 5.31. The Morgan fingerprint density at radius 1 is 1.12 bits per heavy atom. The van der Waals surface area contributed by atoms with E-state index in [4.69, 9.17) is 0 Å². The van der Waals surface area contributed by atoms with Gasteiger partial charge in [0, 0.05) is 35.3 Å². The van der Waals surface area contributed by atoms with Gasteiger partial charge in [-0.15, -0.1) is 0 Å². The van der Waals surface area contributed by atoms with Crippen LogP contribution in [-0.4, -0.2) is 28.4 Å². The molecule has 1 aliphatic rings. The molecule has 3 aromatic rings. The summed E-state index contributed by atoms with van der Waals surface area (Å²) in [5, 5.41) is 1.13. The van der Waals surface area contributed by atoms with E-state index in [-0.39, 0.29) is 5.91 Å². The monoisotopic (exact) mass is 344 g/mol. The van der Waals surface area contributed by atoms with Gasteiger partial charge in [-0.2, -0.15) is 0 Å². The summed E-state index contributed by atoms with van der Waals surface area (Å²) in [7, 11) is 0. The van der Waals surface area contributed by atoms with E-state index in [2.05, 4.69) is 41.1 Å². The molecule has 4 rings (SSSR count). The number of rotatable bonds is 4. The van der Waals surface area contributed by atoms with Crippen molar-refractivity contribution >= 4 is 16.8 Å². The molecule has 1 aliphatic heterocycles. The number of carbonyl (C=O) groups is 1. The zero-order chi connectivity index (χ0) is 17.9. The number of amides is 1. The standard InChI is InChI=1S/C23H24N2O/c1-2-6-20-9-5-16-25(20)23(26)19-13-11-17(12-14-19)21-10-3-7-18-8-4-15-24-22(18)21/h3-4,7-8,10-15,20H,2,5-6,9,16H2,1H3/t20-/m0/s1. The second-order valence-electron chi connectivity index (χ2n) is 7.04. The Morgan fingerprint density at radius 3 is 2.73 bits per heavy atom. The van der Waals surface area contributed by atoms with Crippen molar-refractivity contribution in [3.05, 3.63) is 66.4 Å². The van der Waals surface area contributed by atoms with Gasteiger partial charge in [0.05, 0.1) is 5.52 Å². The lowest BCUT2D eigenvalue weighted by Crippen LogP contribution is -2.35. The van der Waals surface area contributed by atoms with Crippen molar-refractivity contribution in [2.75, 3.05) is 6.54 Å². The van der Waals surface area contributed by atoms with E-state index < -0.39 is 0 Å². The zero-order valence-electron chi connectivity index (χ0n) is 15.2. The molecule has 1 amide bonds. The highest BCUT2D eigenvalue weighted by Gasteiger charge is 2.28. The highest BCUT2D eigenvalue weighted by atomic mass is 16.2. The number of para-hydroxylation sites is 1. The number of pyridine rings is 1. The lowest BCUT2D eigenvalue weighted by molar-refractivity contribution is 0.0730. The van der Waals surface area contributed by atoms with Crippen molar-refractivity contribution in [2.24, 2.45) is 0 Å². The van der Waals surface area contributed by atoms with Gasteiger partial charge in [0.1, 0.15) is 0 Å². The summed E-state index contributed by atoms with van der Waals surface area (Å²) in [6, 6.07) is 18.7. The Bertz CT molecular complexity index is 912. The molecular weight excluding hydrogens is 320 g/mol. The SMILES string of the molecule is CCC[C@H]1CCCN1C(=O)c1ccc(-c2cccc3cccnc23)cc1. The van der Waals surface area contributed by atoms with Crippen molar-refractivity contribution in [3.8, 4) is 11.1 Å². The van der Waals surface area contributed by atoms with Crippen LogP contribution >= 0.6 is 0 Å². The van der Waals surface area contributed by atoms with Gasteiger partial charge in [-0.05, 0) is 43.0 Å². The molecule has 132 valence electrons. The Hall–Kier alpha value is -2.68. The summed E-state index contributed by atoms with van der Waals surface area (Å²) in [5.41, 5.74) is 3.98. The Labute approximate surface area is 154 Å². The molecule has 0 bridgehead atoms. The average Bonchev–Trinajstić information content (AvgIpc) is 3.16. The molecular formula is C23H24N2O. The molecule has 0 spiro atoms. The highest BCUT2D eigenvalue weighted by Crippen LogP contribution is 2.28. The van der Waals surface area contributed by atoms with Crippen molar-refractivity contribution in [3.63, 3.8) is 0 Å². The molecule has 0 aliphatic carbocycles. The number of nitrogens with zero attached hydrogens (tertiary/aromatic N) is 2. The van der Waals surface area contributed by atoms with Crippen LogP contribution in [0.2, 0.25) is 0 Å². The molecule has 26 heavy (non-hydrogen) atoms. The second-order valence-corrected chi connectivity index (χ2v) is 7.04. The molecule has 1 saturated heterocycles. The lowest BCUT2D eigenvalue weighted by atomic mass is 10.0. The minimum Gasteiger partial charge on any atom is -0.336 e. The van der Waals surface area contributed by atoms with Crippen LogP contribution in [0.3, 0.4) is 0 Å². The first-order valence-corrected chi connectivity index (χ1v) is 9.53. The quantitative estimate of drug-likeness (QED) is 0.643. The van der Waals surface area contributed by atoms with Crippen molar-refractivity contribution in [2.45, 2.75) is 38.6 Å². The van der Waals surface area contributed by atoms with Crippen LogP contribution in [0.4, 0.5) is 0 Å². The zero-order valence-corrected chi connectivity index (χ0v) is 15.2. The summed E-state index contributed by atoms with van der Waals surface area (Å²) in [6.07, 6.45) is 6.31. The molecule has 3 nitrogen and oxygen atoms in total.